The Kier molecular flexibility index (Phi) is 4.25. The van der Waals surface area contributed by atoms with E-state index < -0.39 is 34.8 Å². The van der Waals surface area contributed by atoms with E-state index in [2.05, 4.69) is 5.32 Å². The van der Waals surface area contributed by atoms with E-state index in [1.165, 1.54) is 22.9 Å². The van der Waals surface area contributed by atoms with Gasteiger partial charge >= 0.3 is 0 Å². The van der Waals surface area contributed by atoms with Gasteiger partial charge in [0, 0.05) is 25.4 Å². The number of nitrogens with zero attached hydrogens (tertiary/aromatic N) is 1. The normalized spacial score (nSPS) is 10.7. The van der Waals surface area contributed by atoms with E-state index in [0.29, 0.717) is 0 Å². The fourth-order valence-electron chi connectivity index (χ4n) is 1.71. The minimum Gasteiger partial charge on any atom is -0.378 e. The maximum Gasteiger partial charge on any atom is 0.250 e. The summed E-state index contributed by atoms with van der Waals surface area (Å²) in [5.74, 6) is -10.1. The molecule has 2 aromatic rings. The Bertz CT molecular complexity index is 700. The van der Waals surface area contributed by atoms with Crippen LogP contribution in [0.15, 0.2) is 29.2 Å². The maximum absolute atomic E-state index is 13.4. The molecule has 8 heteroatoms. The van der Waals surface area contributed by atoms with Gasteiger partial charge in [0.05, 0.1) is 0 Å². The molecule has 0 fully saturated rings. The zero-order chi connectivity index (χ0) is 15.6. The van der Waals surface area contributed by atoms with Crippen LogP contribution in [0.25, 0.3) is 0 Å². The fourth-order valence-corrected chi connectivity index (χ4v) is 1.71. The van der Waals surface area contributed by atoms with Crippen LogP contribution in [0, 0.1) is 29.1 Å². The summed E-state index contributed by atoms with van der Waals surface area (Å²) >= 11 is 0. The lowest BCUT2D eigenvalue weighted by Crippen LogP contribution is -2.23. The Morgan fingerprint density at radius 2 is 1.48 bits per heavy atom. The highest BCUT2D eigenvalue weighted by atomic mass is 19.2. The lowest BCUT2D eigenvalue weighted by atomic mass is 10.2. The SMILES string of the molecule is O=c1ccccn1CCNc1c(F)c(F)c(F)c(F)c1F. The first kappa shape index (κ1) is 15.0. The van der Waals surface area contributed by atoms with Crippen LogP contribution in [0.2, 0.25) is 0 Å². The zero-order valence-corrected chi connectivity index (χ0v) is 10.5. The minimum atomic E-state index is -2.21. The highest BCUT2D eigenvalue weighted by molar-refractivity contribution is 5.47. The van der Waals surface area contributed by atoms with Gasteiger partial charge in [-0.15, -0.1) is 0 Å². The summed E-state index contributed by atoms with van der Waals surface area (Å²) in [7, 11) is 0. The van der Waals surface area contributed by atoms with Gasteiger partial charge in [0.25, 0.3) is 5.56 Å². The highest BCUT2D eigenvalue weighted by Gasteiger charge is 2.25. The molecule has 1 N–H and O–H groups in total. The number of hydrogen-bond donors (Lipinski definition) is 1. The molecule has 0 aliphatic heterocycles. The second-order valence-electron chi connectivity index (χ2n) is 4.10. The standard InChI is InChI=1S/C13H9F5N2O/c14-8-9(15)11(17)13(12(18)10(8)16)19-4-6-20-5-2-1-3-7(20)21/h1-3,5,19H,4,6H2. The van der Waals surface area contributed by atoms with Crippen molar-refractivity contribution in [1.82, 2.24) is 4.57 Å². The van der Waals surface area contributed by atoms with Crippen LogP contribution in [0.4, 0.5) is 27.6 Å². The molecule has 1 aromatic carbocycles. The summed E-state index contributed by atoms with van der Waals surface area (Å²) in [5, 5.41) is 2.11. The van der Waals surface area contributed by atoms with Gasteiger partial charge in [0.2, 0.25) is 5.82 Å². The first-order valence-corrected chi connectivity index (χ1v) is 5.84. The molecule has 0 radical (unpaired) electrons. The summed E-state index contributed by atoms with van der Waals surface area (Å²) in [5.41, 5.74) is -1.47. The van der Waals surface area contributed by atoms with Gasteiger partial charge in [0.1, 0.15) is 5.69 Å². The van der Waals surface area contributed by atoms with Crippen LogP contribution in [-0.2, 0) is 6.54 Å². The third-order valence-corrected chi connectivity index (χ3v) is 2.76. The van der Waals surface area contributed by atoms with Crippen LogP contribution < -0.4 is 10.9 Å². The van der Waals surface area contributed by atoms with Gasteiger partial charge < -0.3 is 9.88 Å². The second-order valence-corrected chi connectivity index (χ2v) is 4.10. The highest BCUT2D eigenvalue weighted by Crippen LogP contribution is 2.26. The van der Waals surface area contributed by atoms with E-state index in [1.807, 2.05) is 0 Å². The molecule has 2 rings (SSSR count). The van der Waals surface area contributed by atoms with E-state index >= 15 is 0 Å². The average molecular weight is 304 g/mol. The Morgan fingerprint density at radius 3 is 2.05 bits per heavy atom. The Morgan fingerprint density at radius 1 is 0.905 bits per heavy atom. The van der Waals surface area contributed by atoms with Crippen molar-refractivity contribution >= 4 is 5.69 Å². The molecule has 0 saturated carbocycles. The molecule has 1 heterocycles. The molecule has 21 heavy (non-hydrogen) atoms. The van der Waals surface area contributed by atoms with Crippen LogP contribution >= 0.6 is 0 Å². The lowest BCUT2D eigenvalue weighted by Gasteiger charge is -2.11. The molecule has 3 nitrogen and oxygen atoms in total. The van der Waals surface area contributed by atoms with Gasteiger partial charge in [0.15, 0.2) is 23.3 Å². The number of rotatable bonds is 4. The number of halogens is 5. The molecular formula is C13H9F5N2O. The number of pyridine rings is 1. The molecule has 1 aromatic heterocycles. The van der Waals surface area contributed by atoms with Gasteiger partial charge in [-0.05, 0) is 6.07 Å². The number of aromatic nitrogens is 1. The van der Waals surface area contributed by atoms with Crippen LogP contribution in [0.5, 0.6) is 0 Å². The lowest BCUT2D eigenvalue weighted by molar-refractivity contribution is 0.381. The van der Waals surface area contributed by atoms with Crippen molar-refractivity contribution in [3.8, 4) is 0 Å². The minimum absolute atomic E-state index is 0.000826. The van der Waals surface area contributed by atoms with Crippen LogP contribution in [0.1, 0.15) is 0 Å². The van der Waals surface area contributed by atoms with Crippen molar-refractivity contribution in [2.24, 2.45) is 0 Å². The van der Waals surface area contributed by atoms with Crippen LogP contribution in [-0.4, -0.2) is 11.1 Å². The molecule has 0 aliphatic rings. The number of nitrogens with one attached hydrogen (secondary N) is 1. The molecule has 0 aliphatic carbocycles. The summed E-state index contributed by atoms with van der Waals surface area (Å²) in [6.45, 7) is -0.193. The largest absolute Gasteiger partial charge is 0.378 e. The molecule has 0 unspecified atom stereocenters. The van der Waals surface area contributed by atoms with Crippen molar-refractivity contribution in [2.45, 2.75) is 6.54 Å². The Labute approximate surface area is 115 Å². The van der Waals surface area contributed by atoms with Crippen LogP contribution in [0.3, 0.4) is 0 Å². The fraction of sp³-hybridized carbons (Fsp3) is 0.154. The predicted octanol–water partition coefficient (Wildman–Crippen LogP) is 2.66. The molecule has 0 saturated heterocycles. The average Bonchev–Trinajstić information content (AvgIpc) is 2.48. The summed E-state index contributed by atoms with van der Waals surface area (Å²) < 4.78 is 66.7. The van der Waals surface area contributed by atoms with E-state index in [1.54, 1.807) is 6.07 Å². The van der Waals surface area contributed by atoms with Crippen molar-refractivity contribution in [3.05, 3.63) is 63.8 Å². The first-order valence-electron chi connectivity index (χ1n) is 5.84. The topological polar surface area (TPSA) is 34.0 Å². The summed E-state index contributed by atoms with van der Waals surface area (Å²) in [6, 6.07) is 4.36. The van der Waals surface area contributed by atoms with Gasteiger partial charge in [-0.1, -0.05) is 6.07 Å². The Balaban J connectivity index is 2.18. The number of benzene rings is 1. The van der Waals surface area contributed by atoms with Crippen molar-refractivity contribution in [2.75, 3.05) is 11.9 Å². The first-order chi connectivity index (χ1) is 9.93. The number of hydrogen-bond acceptors (Lipinski definition) is 2. The predicted molar refractivity (Wildman–Crippen MR) is 65.4 cm³/mol. The molecule has 0 amide bonds. The quantitative estimate of drug-likeness (QED) is 0.535. The smallest absolute Gasteiger partial charge is 0.250 e. The zero-order valence-electron chi connectivity index (χ0n) is 10.5. The van der Waals surface area contributed by atoms with Gasteiger partial charge in [-0.2, -0.15) is 0 Å². The molecule has 0 bridgehead atoms. The Hall–Kier alpha value is -2.38. The maximum atomic E-state index is 13.4. The van der Waals surface area contributed by atoms with Crippen molar-refractivity contribution < 1.29 is 22.0 Å². The van der Waals surface area contributed by atoms with Gasteiger partial charge in [-0.3, -0.25) is 4.79 Å². The van der Waals surface area contributed by atoms with E-state index in [4.69, 9.17) is 0 Å². The third kappa shape index (κ3) is 2.88. The number of anilines is 1. The van der Waals surface area contributed by atoms with Crippen molar-refractivity contribution in [1.29, 1.82) is 0 Å². The molecule has 0 spiro atoms. The molecular weight excluding hydrogens is 295 g/mol. The second kappa shape index (κ2) is 5.94. The summed E-state index contributed by atoms with van der Waals surface area (Å²) in [4.78, 5) is 11.4. The molecule has 112 valence electrons. The van der Waals surface area contributed by atoms with E-state index in [0.717, 1.165) is 0 Å². The third-order valence-electron chi connectivity index (χ3n) is 2.76. The van der Waals surface area contributed by atoms with Gasteiger partial charge in [-0.25, -0.2) is 22.0 Å². The van der Waals surface area contributed by atoms with E-state index in [-0.39, 0.29) is 18.6 Å². The summed E-state index contributed by atoms with van der Waals surface area (Å²) in [6.07, 6.45) is 1.43. The monoisotopic (exact) mass is 304 g/mol. The van der Waals surface area contributed by atoms with Crippen molar-refractivity contribution in [3.63, 3.8) is 0 Å². The molecule has 0 atom stereocenters. The van der Waals surface area contributed by atoms with E-state index in [9.17, 15) is 26.7 Å².